The van der Waals surface area contributed by atoms with Gasteiger partial charge in [-0.1, -0.05) is 12.8 Å². The SMILES string of the molecule is CN(C)CCCCCCC[N+](C)(C)C1CCN(c2ccc(N)cc2)C1. The molecule has 142 valence electrons. The number of rotatable bonds is 10. The zero-order chi connectivity index (χ0) is 18.3. The molecule has 4 heteroatoms. The Morgan fingerprint density at radius 2 is 1.68 bits per heavy atom. The second-order valence-corrected chi connectivity index (χ2v) is 8.55. The van der Waals surface area contributed by atoms with Gasteiger partial charge in [-0.3, -0.25) is 0 Å². The molecule has 0 saturated carbocycles. The van der Waals surface area contributed by atoms with E-state index >= 15 is 0 Å². The van der Waals surface area contributed by atoms with E-state index in [-0.39, 0.29) is 0 Å². The van der Waals surface area contributed by atoms with Gasteiger partial charge in [-0.25, -0.2) is 0 Å². The molecule has 0 aliphatic carbocycles. The molecule has 1 fully saturated rings. The average Bonchev–Trinajstić information content (AvgIpc) is 3.05. The summed E-state index contributed by atoms with van der Waals surface area (Å²) in [7, 11) is 9.16. The fraction of sp³-hybridized carbons (Fsp3) is 0.714. The van der Waals surface area contributed by atoms with Crippen molar-refractivity contribution < 1.29 is 4.48 Å². The van der Waals surface area contributed by atoms with Gasteiger partial charge in [0.05, 0.1) is 27.2 Å². The monoisotopic (exact) mass is 347 g/mol. The first kappa shape index (κ1) is 20.1. The minimum Gasteiger partial charge on any atom is -0.399 e. The van der Waals surface area contributed by atoms with E-state index in [2.05, 4.69) is 50.1 Å². The van der Waals surface area contributed by atoms with Gasteiger partial charge in [0.15, 0.2) is 0 Å². The highest BCUT2D eigenvalue weighted by atomic mass is 15.4. The summed E-state index contributed by atoms with van der Waals surface area (Å²) in [6, 6.07) is 9.08. The summed E-state index contributed by atoms with van der Waals surface area (Å²) in [6.07, 6.45) is 8.12. The molecule has 2 N–H and O–H groups in total. The summed E-state index contributed by atoms with van der Waals surface area (Å²) in [5.74, 6) is 0. The molecule has 1 atom stereocenters. The third-order valence-corrected chi connectivity index (χ3v) is 5.75. The van der Waals surface area contributed by atoms with Gasteiger partial charge in [0.2, 0.25) is 0 Å². The zero-order valence-corrected chi connectivity index (χ0v) is 16.9. The van der Waals surface area contributed by atoms with E-state index in [9.17, 15) is 0 Å². The molecule has 4 nitrogen and oxygen atoms in total. The van der Waals surface area contributed by atoms with Crippen LogP contribution < -0.4 is 10.6 Å². The van der Waals surface area contributed by atoms with Crippen LogP contribution in [0.1, 0.15) is 38.5 Å². The summed E-state index contributed by atoms with van der Waals surface area (Å²) in [5.41, 5.74) is 7.98. The molecule has 1 aliphatic heterocycles. The van der Waals surface area contributed by atoms with Crippen molar-refractivity contribution in [3.8, 4) is 0 Å². The lowest BCUT2D eigenvalue weighted by Crippen LogP contribution is -2.50. The molecule has 0 radical (unpaired) electrons. The van der Waals surface area contributed by atoms with Crippen molar-refractivity contribution in [1.82, 2.24) is 4.90 Å². The molecule has 1 saturated heterocycles. The van der Waals surface area contributed by atoms with E-state index in [0.717, 1.165) is 16.2 Å². The number of likely N-dealkylation sites (N-methyl/N-ethyl adjacent to an activating group) is 1. The minimum atomic E-state index is 0.742. The first-order chi connectivity index (χ1) is 11.9. The number of nitrogens with two attached hydrogens (primary N) is 1. The van der Waals surface area contributed by atoms with Gasteiger partial charge in [-0.15, -0.1) is 0 Å². The van der Waals surface area contributed by atoms with E-state index in [1.165, 1.54) is 70.4 Å². The smallest absolute Gasteiger partial charge is 0.108 e. The van der Waals surface area contributed by atoms with Crippen LogP contribution in [0.3, 0.4) is 0 Å². The molecule has 1 unspecified atom stereocenters. The van der Waals surface area contributed by atoms with E-state index in [4.69, 9.17) is 5.73 Å². The van der Waals surface area contributed by atoms with Gasteiger partial charge >= 0.3 is 0 Å². The molecule has 1 aliphatic rings. The van der Waals surface area contributed by atoms with Gasteiger partial charge in [0.25, 0.3) is 0 Å². The number of nitrogen functional groups attached to an aromatic ring is 1. The van der Waals surface area contributed by atoms with E-state index in [1.54, 1.807) is 0 Å². The fourth-order valence-corrected chi connectivity index (χ4v) is 3.89. The van der Waals surface area contributed by atoms with Crippen LogP contribution in [-0.4, -0.2) is 69.8 Å². The van der Waals surface area contributed by atoms with Crippen LogP contribution in [0, 0.1) is 0 Å². The molecule has 25 heavy (non-hydrogen) atoms. The van der Waals surface area contributed by atoms with Crippen LogP contribution in [-0.2, 0) is 0 Å². The molecule has 2 rings (SSSR count). The summed E-state index contributed by atoms with van der Waals surface area (Å²) >= 11 is 0. The highest BCUT2D eigenvalue weighted by Crippen LogP contribution is 2.26. The Balaban J connectivity index is 1.68. The van der Waals surface area contributed by atoms with Crippen LogP contribution in [0.4, 0.5) is 11.4 Å². The van der Waals surface area contributed by atoms with Crippen molar-refractivity contribution >= 4 is 11.4 Å². The van der Waals surface area contributed by atoms with Gasteiger partial charge in [0.1, 0.15) is 6.04 Å². The number of unbranched alkanes of at least 4 members (excludes halogenated alkanes) is 4. The van der Waals surface area contributed by atoms with Crippen LogP contribution >= 0.6 is 0 Å². The Labute approximate surface area is 155 Å². The Bertz CT molecular complexity index is 495. The summed E-state index contributed by atoms with van der Waals surface area (Å²) in [5, 5.41) is 0. The number of hydrogen-bond donors (Lipinski definition) is 1. The molecule has 0 aromatic heterocycles. The lowest BCUT2D eigenvalue weighted by molar-refractivity contribution is -0.912. The second kappa shape index (κ2) is 9.44. The second-order valence-electron chi connectivity index (χ2n) is 8.55. The van der Waals surface area contributed by atoms with Crippen molar-refractivity contribution in [2.24, 2.45) is 0 Å². The van der Waals surface area contributed by atoms with Crippen molar-refractivity contribution in [3.63, 3.8) is 0 Å². The first-order valence-electron chi connectivity index (χ1n) is 9.96. The normalized spacial score (nSPS) is 18.3. The third kappa shape index (κ3) is 6.52. The topological polar surface area (TPSA) is 32.5 Å². The molecule has 1 heterocycles. The van der Waals surface area contributed by atoms with Crippen molar-refractivity contribution in [1.29, 1.82) is 0 Å². The Hall–Kier alpha value is -1.26. The minimum absolute atomic E-state index is 0.742. The number of benzene rings is 1. The lowest BCUT2D eigenvalue weighted by Gasteiger charge is -2.36. The molecule has 0 amide bonds. The van der Waals surface area contributed by atoms with Crippen molar-refractivity contribution in [3.05, 3.63) is 24.3 Å². The predicted molar refractivity (Wildman–Crippen MR) is 110 cm³/mol. The van der Waals surface area contributed by atoms with E-state index in [1.807, 2.05) is 12.1 Å². The Morgan fingerprint density at radius 3 is 2.36 bits per heavy atom. The maximum absolute atomic E-state index is 5.81. The number of nitrogens with zero attached hydrogens (tertiary/aromatic N) is 3. The highest BCUT2D eigenvalue weighted by Gasteiger charge is 2.34. The quantitative estimate of drug-likeness (QED) is 0.400. The largest absolute Gasteiger partial charge is 0.399 e. The lowest BCUT2D eigenvalue weighted by atomic mass is 10.1. The Morgan fingerprint density at radius 1 is 1.04 bits per heavy atom. The highest BCUT2D eigenvalue weighted by molar-refractivity contribution is 5.53. The predicted octanol–water partition coefficient (Wildman–Crippen LogP) is 3.44. The number of hydrogen-bond acceptors (Lipinski definition) is 3. The van der Waals surface area contributed by atoms with E-state index in [0.29, 0.717) is 0 Å². The summed E-state index contributed by atoms with van der Waals surface area (Å²) in [6.45, 7) is 4.86. The standard InChI is InChI=1S/C21H39N4/c1-23(2)15-8-6-5-7-9-17-25(3,4)21-14-16-24(18-21)20-12-10-19(22)11-13-20/h10-13,21H,5-9,14-18,22H2,1-4H3/q+1. The van der Waals surface area contributed by atoms with Gasteiger partial charge in [-0.2, -0.15) is 0 Å². The third-order valence-electron chi connectivity index (χ3n) is 5.75. The molecule has 0 spiro atoms. The number of anilines is 2. The average molecular weight is 348 g/mol. The maximum Gasteiger partial charge on any atom is 0.108 e. The molecular formula is C21H39N4+. The van der Waals surface area contributed by atoms with Gasteiger partial charge < -0.3 is 20.0 Å². The van der Waals surface area contributed by atoms with Gasteiger partial charge in [-0.05, 0) is 64.2 Å². The van der Waals surface area contributed by atoms with Crippen LogP contribution in [0.25, 0.3) is 0 Å². The maximum atomic E-state index is 5.81. The molecule has 0 bridgehead atoms. The fourth-order valence-electron chi connectivity index (χ4n) is 3.89. The van der Waals surface area contributed by atoms with Gasteiger partial charge in [0, 0.05) is 24.3 Å². The van der Waals surface area contributed by atoms with Crippen LogP contribution in [0.15, 0.2) is 24.3 Å². The van der Waals surface area contributed by atoms with Crippen LogP contribution in [0.5, 0.6) is 0 Å². The van der Waals surface area contributed by atoms with Crippen molar-refractivity contribution in [2.75, 3.05) is 65.0 Å². The zero-order valence-electron chi connectivity index (χ0n) is 16.9. The van der Waals surface area contributed by atoms with Crippen molar-refractivity contribution in [2.45, 2.75) is 44.6 Å². The van der Waals surface area contributed by atoms with E-state index < -0.39 is 0 Å². The molecule has 1 aromatic carbocycles. The van der Waals surface area contributed by atoms with Crippen LogP contribution in [0.2, 0.25) is 0 Å². The Kier molecular flexibility index (Phi) is 7.57. The summed E-state index contributed by atoms with van der Waals surface area (Å²) in [4.78, 5) is 4.80. The molecular weight excluding hydrogens is 308 g/mol. The first-order valence-corrected chi connectivity index (χ1v) is 9.96. The number of quaternary nitrogens is 1. The summed E-state index contributed by atoms with van der Waals surface area (Å²) < 4.78 is 1.16. The molecule has 1 aromatic rings.